The molecule has 2 fully saturated rings. The lowest BCUT2D eigenvalue weighted by molar-refractivity contribution is 0.362. The van der Waals surface area contributed by atoms with Crippen molar-refractivity contribution in [3.63, 3.8) is 0 Å². The molecule has 4 aromatic heterocycles. The van der Waals surface area contributed by atoms with E-state index in [0.29, 0.717) is 74.2 Å². The van der Waals surface area contributed by atoms with Crippen LogP contribution in [0.5, 0.6) is 35.0 Å². The van der Waals surface area contributed by atoms with Crippen LogP contribution in [0, 0.1) is 11.6 Å². The molecule has 0 amide bonds. The lowest BCUT2D eigenvalue weighted by Crippen LogP contribution is -2.31. The quantitative estimate of drug-likeness (QED) is 0.108. The molecular weight excluding hydrogens is 947 g/mol. The SMILES string of the molecule is Fc1ccc(-c2nc(-c3nc(-c4ccc(F)cc4)c(-c4ccnc(Oc5ccc(-c6ccccc6)cc5)n4)n3C3CCNCC3)n(C3CCNCC3)c2-c2ccnc(Oc3ccc(Oc4ccccc4)cc3)n2)cc1. The first-order valence-electron chi connectivity index (χ1n) is 25.2. The van der Waals surface area contributed by atoms with Gasteiger partial charge in [-0.15, -0.1) is 0 Å². The van der Waals surface area contributed by atoms with Gasteiger partial charge in [0.25, 0.3) is 0 Å². The Morgan fingerprint density at radius 3 is 1.21 bits per heavy atom. The maximum absolute atomic E-state index is 14.8. The predicted octanol–water partition coefficient (Wildman–Crippen LogP) is 13.2. The van der Waals surface area contributed by atoms with Crippen LogP contribution in [0.1, 0.15) is 37.8 Å². The maximum atomic E-state index is 14.8. The average Bonchev–Trinajstić information content (AvgIpc) is 4.14. The maximum Gasteiger partial charge on any atom is 0.322 e. The summed E-state index contributed by atoms with van der Waals surface area (Å²) in [6.45, 7) is 3.07. The Morgan fingerprint density at radius 2 is 0.760 bits per heavy atom. The number of benzene rings is 6. The second-order valence-electron chi connectivity index (χ2n) is 18.4. The Balaban J connectivity index is 1.02. The van der Waals surface area contributed by atoms with E-state index in [-0.39, 0.29) is 35.7 Å². The van der Waals surface area contributed by atoms with E-state index in [2.05, 4.69) is 41.9 Å². The van der Waals surface area contributed by atoms with Gasteiger partial charge in [-0.2, -0.15) is 9.97 Å². The molecule has 10 aromatic rings. The summed E-state index contributed by atoms with van der Waals surface area (Å²) in [5.41, 5.74) is 7.21. The zero-order chi connectivity index (χ0) is 50.5. The first-order valence-corrected chi connectivity index (χ1v) is 25.2. The van der Waals surface area contributed by atoms with Gasteiger partial charge in [0.1, 0.15) is 34.6 Å². The van der Waals surface area contributed by atoms with Crippen molar-refractivity contribution in [1.29, 1.82) is 0 Å². The largest absolute Gasteiger partial charge is 0.457 e. The molecule has 12 rings (SSSR count). The number of para-hydroxylation sites is 1. The molecule has 0 bridgehead atoms. The molecule has 6 heterocycles. The van der Waals surface area contributed by atoms with Crippen LogP contribution in [-0.2, 0) is 0 Å². The number of rotatable bonds is 14. The molecule has 15 heteroatoms. The van der Waals surface area contributed by atoms with Gasteiger partial charge in [0.15, 0.2) is 11.6 Å². The Morgan fingerprint density at radius 1 is 0.387 bits per heavy atom. The fraction of sp³-hybridized carbons (Fsp3) is 0.167. The van der Waals surface area contributed by atoms with Gasteiger partial charge in [0, 0.05) is 35.6 Å². The average molecular weight is 997 g/mol. The number of aromatic nitrogens is 8. The molecule has 2 aliphatic rings. The van der Waals surface area contributed by atoms with Crippen molar-refractivity contribution >= 4 is 0 Å². The molecule has 13 nitrogen and oxygen atoms in total. The first kappa shape index (κ1) is 47.1. The van der Waals surface area contributed by atoms with Crippen molar-refractivity contribution in [3.8, 4) is 103 Å². The highest BCUT2D eigenvalue weighted by Gasteiger charge is 2.35. The molecule has 0 atom stereocenters. The summed E-state index contributed by atoms with van der Waals surface area (Å²) in [5.74, 6) is 2.90. The third-order valence-electron chi connectivity index (χ3n) is 13.5. The van der Waals surface area contributed by atoms with Crippen molar-refractivity contribution < 1.29 is 23.0 Å². The molecule has 0 unspecified atom stereocenters. The zero-order valence-corrected chi connectivity index (χ0v) is 40.7. The van der Waals surface area contributed by atoms with Gasteiger partial charge in [0.2, 0.25) is 0 Å². The van der Waals surface area contributed by atoms with Gasteiger partial charge in [-0.1, -0.05) is 60.7 Å². The van der Waals surface area contributed by atoms with Crippen molar-refractivity contribution in [1.82, 2.24) is 49.7 Å². The molecule has 2 N–H and O–H groups in total. The third-order valence-corrected chi connectivity index (χ3v) is 13.5. The van der Waals surface area contributed by atoms with E-state index in [0.717, 1.165) is 68.7 Å². The Kier molecular flexibility index (Phi) is 13.4. The molecule has 0 spiro atoms. The summed E-state index contributed by atoms with van der Waals surface area (Å²) >= 11 is 0. The van der Waals surface area contributed by atoms with E-state index in [9.17, 15) is 8.78 Å². The molecular formula is C60H50F2N10O3. The van der Waals surface area contributed by atoms with Gasteiger partial charge in [-0.25, -0.2) is 28.7 Å². The van der Waals surface area contributed by atoms with E-state index in [1.165, 1.54) is 24.3 Å². The number of hydrogen-bond donors (Lipinski definition) is 2. The van der Waals surface area contributed by atoms with Crippen LogP contribution < -0.4 is 24.8 Å². The Hall–Kier alpha value is -8.92. The second kappa shape index (κ2) is 21.3. The van der Waals surface area contributed by atoms with Gasteiger partial charge >= 0.3 is 12.0 Å². The van der Waals surface area contributed by atoms with Crippen LogP contribution in [0.4, 0.5) is 8.78 Å². The molecule has 372 valence electrons. The van der Waals surface area contributed by atoms with Gasteiger partial charge in [-0.3, -0.25) is 0 Å². The number of piperidine rings is 2. The summed E-state index contributed by atoms with van der Waals surface area (Å²) in [7, 11) is 0. The minimum atomic E-state index is -0.372. The van der Waals surface area contributed by atoms with Crippen LogP contribution >= 0.6 is 0 Å². The normalized spacial score (nSPS) is 14.2. The molecule has 0 radical (unpaired) electrons. The summed E-state index contributed by atoms with van der Waals surface area (Å²) in [6.07, 6.45) is 6.46. The van der Waals surface area contributed by atoms with Crippen LogP contribution in [0.3, 0.4) is 0 Å². The van der Waals surface area contributed by atoms with Gasteiger partial charge < -0.3 is 34.0 Å². The Labute approximate surface area is 432 Å². The molecule has 0 saturated carbocycles. The number of nitrogens with one attached hydrogen (secondary N) is 2. The monoisotopic (exact) mass is 996 g/mol. The number of imidazole rings is 2. The second-order valence-corrected chi connectivity index (χ2v) is 18.4. The fourth-order valence-corrected chi connectivity index (χ4v) is 9.93. The Bertz CT molecular complexity index is 3550. The summed E-state index contributed by atoms with van der Waals surface area (Å²) in [6, 6.07) is 51.4. The topological polar surface area (TPSA) is 139 Å². The smallest absolute Gasteiger partial charge is 0.322 e. The van der Waals surface area contributed by atoms with Gasteiger partial charge in [0.05, 0.1) is 34.2 Å². The summed E-state index contributed by atoms with van der Waals surface area (Å²) in [5, 5.41) is 7.09. The van der Waals surface area contributed by atoms with Crippen LogP contribution in [-0.4, -0.2) is 65.2 Å². The minimum absolute atomic E-state index is 0.0674. The fourth-order valence-electron chi connectivity index (χ4n) is 9.93. The zero-order valence-electron chi connectivity index (χ0n) is 40.7. The van der Waals surface area contributed by atoms with Crippen LogP contribution in [0.15, 0.2) is 182 Å². The molecule has 75 heavy (non-hydrogen) atoms. The van der Waals surface area contributed by atoms with E-state index in [1.807, 2.05) is 109 Å². The van der Waals surface area contributed by atoms with E-state index < -0.39 is 0 Å². The highest BCUT2D eigenvalue weighted by atomic mass is 19.1. The molecule has 0 aliphatic carbocycles. The van der Waals surface area contributed by atoms with Crippen molar-refractivity contribution in [2.24, 2.45) is 0 Å². The van der Waals surface area contributed by atoms with E-state index in [1.54, 1.807) is 36.7 Å². The molecule has 2 saturated heterocycles. The lowest BCUT2D eigenvalue weighted by Gasteiger charge is -2.29. The van der Waals surface area contributed by atoms with Crippen molar-refractivity contribution in [2.45, 2.75) is 37.8 Å². The lowest BCUT2D eigenvalue weighted by atomic mass is 10.0. The minimum Gasteiger partial charge on any atom is -0.457 e. The molecule has 6 aromatic carbocycles. The highest BCUT2D eigenvalue weighted by Crippen LogP contribution is 2.45. The molecule has 2 aliphatic heterocycles. The van der Waals surface area contributed by atoms with Crippen LogP contribution in [0.25, 0.3) is 68.1 Å². The van der Waals surface area contributed by atoms with E-state index in [4.69, 9.17) is 34.1 Å². The third kappa shape index (κ3) is 10.2. The van der Waals surface area contributed by atoms with Crippen molar-refractivity contribution in [2.75, 3.05) is 26.2 Å². The van der Waals surface area contributed by atoms with Crippen molar-refractivity contribution in [3.05, 3.63) is 194 Å². The predicted molar refractivity (Wildman–Crippen MR) is 284 cm³/mol. The summed E-state index contributed by atoms with van der Waals surface area (Å²) in [4.78, 5) is 30.5. The number of hydrogen-bond acceptors (Lipinski definition) is 11. The highest BCUT2D eigenvalue weighted by molar-refractivity contribution is 5.84. The van der Waals surface area contributed by atoms with E-state index >= 15 is 0 Å². The standard InChI is InChI=1S/C60H50F2N10O3/c61-43-17-11-41(12-18-43)53-55(51-31-37-65-59(67-51)74-49-21-15-40(16-22-49)39-7-3-1-4-8-39)71(45-27-33-63-34-28-45)57(69-53)58-70-54(42-13-19-44(62)20-14-42)56(72(58)46-29-35-64-36-30-46)52-32-38-66-60(68-52)75-50-25-23-48(24-26-50)73-47-9-5-2-6-10-47/h1-26,31-32,37-38,45-46,63-64H,27-30,33-36H2. The number of nitrogens with zero attached hydrogens (tertiary/aromatic N) is 8. The van der Waals surface area contributed by atoms with Crippen LogP contribution in [0.2, 0.25) is 0 Å². The first-order chi connectivity index (χ1) is 37.0. The summed E-state index contributed by atoms with van der Waals surface area (Å²) < 4.78 is 52.9. The number of ether oxygens (including phenoxy) is 3. The number of halogens is 2. The van der Waals surface area contributed by atoms with Gasteiger partial charge in [-0.05, 0) is 172 Å².